The Morgan fingerprint density at radius 3 is 2.48 bits per heavy atom. The summed E-state index contributed by atoms with van der Waals surface area (Å²) < 4.78 is 28.6. The predicted molar refractivity (Wildman–Crippen MR) is 81.0 cm³/mol. The van der Waals surface area contributed by atoms with Gasteiger partial charge in [0.05, 0.1) is 5.69 Å². The molecule has 2 aliphatic rings. The zero-order valence-corrected chi connectivity index (χ0v) is 12.6. The zero-order valence-electron chi connectivity index (χ0n) is 12.6. The maximum absolute atomic E-state index is 14.3. The lowest BCUT2D eigenvalue weighted by Crippen LogP contribution is -2.47. The van der Waals surface area contributed by atoms with Crippen molar-refractivity contribution in [3.8, 4) is 0 Å². The summed E-state index contributed by atoms with van der Waals surface area (Å²) in [6.45, 7) is 1.59. The zero-order chi connectivity index (χ0) is 16.4. The van der Waals surface area contributed by atoms with Crippen LogP contribution in [0.4, 0.5) is 14.5 Å². The molecule has 3 rings (SSSR count). The van der Waals surface area contributed by atoms with Crippen LogP contribution in [0, 0.1) is 11.6 Å². The van der Waals surface area contributed by atoms with Crippen molar-refractivity contribution >= 4 is 17.5 Å². The molecule has 0 aromatic heterocycles. The summed E-state index contributed by atoms with van der Waals surface area (Å²) in [7, 11) is 0. The molecule has 1 aromatic rings. The van der Waals surface area contributed by atoms with Gasteiger partial charge in [-0.05, 0) is 49.9 Å². The van der Waals surface area contributed by atoms with Crippen molar-refractivity contribution in [3.05, 3.63) is 29.3 Å². The van der Waals surface area contributed by atoms with Crippen molar-refractivity contribution in [2.75, 3.05) is 18.4 Å². The number of benzene rings is 1. The van der Waals surface area contributed by atoms with E-state index in [0.29, 0.717) is 5.56 Å². The van der Waals surface area contributed by atoms with Gasteiger partial charge >= 0.3 is 0 Å². The van der Waals surface area contributed by atoms with Crippen molar-refractivity contribution in [2.24, 2.45) is 0 Å². The molecular formula is C16H19F2N3O2. The Morgan fingerprint density at radius 1 is 1.04 bits per heavy atom. The summed E-state index contributed by atoms with van der Waals surface area (Å²) in [5, 5.41) is 8.07. The molecule has 2 aliphatic heterocycles. The molecule has 0 bridgehead atoms. The van der Waals surface area contributed by atoms with Crippen LogP contribution in [-0.4, -0.2) is 30.9 Å². The maximum Gasteiger partial charge on any atom is 0.249 e. The third-order valence-corrected chi connectivity index (χ3v) is 4.43. The van der Waals surface area contributed by atoms with Gasteiger partial charge in [-0.15, -0.1) is 0 Å². The number of hydrogen-bond acceptors (Lipinski definition) is 4. The summed E-state index contributed by atoms with van der Waals surface area (Å²) in [5.74, 6) is -1.89. The first kappa shape index (κ1) is 15.9. The van der Waals surface area contributed by atoms with Crippen LogP contribution in [-0.2, 0) is 9.59 Å². The Labute approximate surface area is 132 Å². The van der Waals surface area contributed by atoms with Crippen LogP contribution in [0.5, 0.6) is 0 Å². The standard InChI is InChI=1S/C16H19F2N3O2/c17-11-8-14(20-13-1-2-15(22)21-16(13)23)12(18)7-10(11)9-3-5-19-6-4-9/h7-9,13,19-20H,1-6H2,(H,21,22,23). The van der Waals surface area contributed by atoms with E-state index >= 15 is 0 Å². The number of imide groups is 1. The van der Waals surface area contributed by atoms with Crippen molar-refractivity contribution in [3.63, 3.8) is 0 Å². The van der Waals surface area contributed by atoms with Gasteiger partial charge in [0.2, 0.25) is 11.8 Å². The summed E-state index contributed by atoms with van der Waals surface area (Å²) in [6, 6.07) is 1.60. The molecule has 1 unspecified atom stereocenters. The van der Waals surface area contributed by atoms with E-state index in [1.54, 1.807) is 0 Å². The van der Waals surface area contributed by atoms with Gasteiger partial charge < -0.3 is 10.6 Å². The molecule has 2 saturated heterocycles. The van der Waals surface area contributed by atoms with E-state index in [1.165, 1.54) is 6.07 Å². The minimum absolute atomic E-state index is 0.00963. The van der Waals surface area contributed by atoms with E-state index in [4.69, 9.17) is 0 Å². The first-order chi connectivity index (χ1) is 11.0. The lowest BCUT2D eigenvalue weighted by Gasteiger charge is -2.25. The van der Waals surface area contributed by atoms with E-state index < -0.39 is 23.6 Å². The van der Waals surface area contributed by atoms with E-state index in [-0.39, 0.29) is 30.4 Å². The maximum atomic E-state index is 14.3. The largest absolute Gasteiger partial charge is 0.371 e. The lowest BCUT2D eigenvalue weighted by molar-refractivity contribution is -0.133. The van der Waals surface area contributed by atoms with E-state index in [1.807, 2.05) is 0 Å². The highest BCUT2D eigenvalue weighted by Crippen LogP contribution is 2.31. The number of nitrogens with one attached hydrogen (secondary N) is 3. The first-order valence-electron chi connectivity index (χ1n) is 7.84. The summed E-state index contributed by atoms with van der Waals surface area (Å²) in [4.78, 5) is 22.8. The fourth-order valence-electron chi connectivity index (χ4n) is 3.14. The topological polar surface area (TPSA) is 70.2 Å². The number of rotatable bonds is 3. The Balaban J connectivity index is 1.77. The van der Waals surface area contributed by atoms with Gasteiger partial charge in [0, 0.05) is 12.5 Å². The highest BCUT2D eigenvalue weighted by atomic mass is 19.1. The van der Waals surface area contributed by atoms with Crippen LogP contribution >= 0.6 is 0 Å². The molecule has 2 amide bonds. The minimum atomic E-state index is -0.730. The molecule has 1 aromatic carbocycles. The van der Waals surface area contributed by atoms with E-state index in [2.05, 4.69) is 16.0 Å². The Hall–Kier alpha value is -2.02. The second-order valence-electron chi connectivity index (χ2n) is 6.03. The molecule has 0 aliphatic carbocycles. The van der Waals surface area contributed by atoms with Crippen LogP contribution < -0.4 is 16.0 Å². The molecule has 0 radical (unpaired) electrons. The van der Waals surface area contributed by atoms with Crippen molar-refractivity contribution in [1.29, 1.82) is 0 Å². The monoisotopic (exact) mass is 323 g/mol. The van der Waals surface area contributed by atoms with Gasteiger partial charge in [-0.3, -0.25) is 14.9 Å². The number of carbonyl (C=O) groups excluding carboxylic acids is 2. The summed E-state index contributed by atoms with van der Waals surface area (Å²) >= 11 is 0. The van der Waals surface area contributed by atoms with Gasteiger partial charge in [-0.25, -0.2) is 8.78 Å². The second-order valence-corrected chi connectivity index (χ2v) is 6.03. The lowest BCUT2D eigenvalue weighted by atomic mass is 9.89. The van der Waals surface area contributed by atoms with E-state index in [9.17, 15) is 18.4 Å². The smallest absolute Gasteiger partial charge is 0.249 e. The molecule has 0 saturated carbocycles. The number of amides is 2. The van der Waals surface area contributed by atoms with Crippen molar-refractivity contribution < 1.29 is 18.4 Å². The quantitative estimate of drug-likeness (QED) is 0.740. The van der Waals surface area contributed by atoms with Crippen LogP contribution in [0.1, 0.15) is 37.2 Å². The molecule has 0 spiro atoms. The van der Waals surface area contributed by atoms with Crippen molar-refractivity contribution in [2.45, 2.75) is 37.6 Å². The van der Waals surface area contributed by atoms with Crippen LogP contribution in [0.25, 0.3) is 0 Å². The third-order valence-electron chi connectivity index (χ3n) is 4.43. The van der Waals surface area contributed by atoms with Gasteiger partial charge in [-0.2, -0.15) is 0 Å². The summed E-state index contributed by atoms with van der Waals surface area (Å²) in [5.41, 5.74) is 0.340. The van der Waals surface area contributed by atoms with E-state index in [0.717, 1.165) is 32.0 Å². The number of carbonyl (C=O) groups is 2. The third kappa shape index (κ3) is 3.50. The SMILES string of the molecule is O=C1CCC(Nc2cc(F)c(C3CCNCC3)cc2F)C(=O)N1. The molecule has 7 heteroatoms. The van der Waals surface area contributed by atoms with Gasteiger partial charge in [0.15, 0.2) is 0 Å². The Kier molecular flexibility index (Phi) is 4.56. The predicted octanol–water partition coefficient (Wildman–Crippen LogP) is 1.65. The number of halogens is 2. The van der Waals surface area contributed by atoms with Crippen LogP contribution in [0.2, 0.25) is 0 Å². The van der Waals surface area contributed by atoms with Gasteiger partial charge in [-0.1, -0.05) is 0 Å². The Bertz CT molecular complexity index is 630. The number of anilines is 1. The summed E-state index contributed by atoms with van der Waals surface area (Å²) in [6.07, 6.45) is 2.00. The molecule has 1 atom stereocenters. The van der Waals surface area contributed by atoms with Crippen LogP contribution in [0.3, 0.4) is 0 Å². The first-order valence-corrected chi connectivity index (χ1v) is 7.84. The van der Waals surface area contributed by atoms with Gasteiger partial charge in [0.1, 0.15) is 17.7 Å². The second kappa shape index (κ2) is 6.62. The minimum Gasteiger partial charge on any atom is -0.371 e. The average molecular weight is 323 g/mol. The molecule has 5 nitrogen and oxygen atoms in total. The Morgan fingerprint density at radius 2 is 1.78 bits per heavy atom. The van der Waals surface area contributed by atoms with Crippen molar-refractivity contribution in [1.82, 2.24) is 10.6 Å². The molecule has 124 valence electrons. The number of hydrogen-bond donors (Lipinski definition) is 3. The van der Waals surface area contributed by atoms with Crippen LogP contribution in [0.15, 0.2) is 12.1 Å². The molecule has 23 heavy (non-hydrogen) atoms. The highest BCUT2D eigenvalue weighted by molar-refractivity contribution is 6.01. The molecule has 3 N–H and O–H groups in total. The molecule has 2 heterocycles. The highest BCUT2D eigenvalue weighted by Gasteiger charge is 2.28. The average Bonchev–Trinajstić information content (AvgIpc) is 2.54. The molecule has 2 fully saturated rings. The fraction of sp³-hybridized carbons (Fsp3) is 0.500. The van der Waals surface area contributed by atoms with Gasteiger partial charge in [0.25, 0.3) is 0 Å². The number of piperidine rings is 2. The normalized spacial score (nSPS) is 22.8. The fourth-order valence-corrected chi connectivity index (χ4v) is 3.14. The molecular weight excluding hydrogens is 304 g/mol.